The van der Waals surface area contributed by atoms with E-state index in [9.17, 15) is 14.4 Å². The minimum Gasteiger partial charge on any atom is -0.486 e. The Hall–Kier alpha value is -3.35. The van der Waals surface area contributed by atoms with Gasteiger partial charge >= 0.3 is 5.97 Å². The van der Waals surface area contributed by atoms with Gasteiger partial charge in [0.2, 0.25) is 5.91 Å². The molecule has 2 heterocycles. The molecule has 2 aromatic heterocycles. The number of allylic oxidation sites excluding steroid dienone is 1. The number of carbonyl (C=O) groups excluding carboxylic acids is 3. The summed E-state index contributed by atoms with van der Waals surface area (Å²) in [5, 5.41) is 12.3. The molecule has 37 heavy (non-hydrogen) atoms. The number of amides is 2. The van der Waals surface area contributed by atoms with E-state index in [1.165, 1.54) is 0 Å². The first kappa shape index (κ1) is 28.2. The molecule has 196 valence electrons. The lowest BCUT2D eigenvalue weighted by molar-refractivity contribution is -0.113. The summed E-state index contributed by atoms with van der Waals surface area (Å²) in [7, 11) is 0. The third kappa shape index (κ3) is 7.34. The highest BCUT2D eigenvalue weighted by atomic mass is 35.5. The van der Waals surface area contributed by atoms with Crippen molar-refractivity contribution in [3.63, 3.8) is 0 Å². The van der Waals surface area contributed by atoms with Crippen LogP contribution in [0, 0.1) is 6.92 Å². The maximum atomic E-state index is 12.8. The van der Waals surface area contributed by atoms with Crippen molar-refractivity contribution >= 4 is 57.5 Å². The number of esters is 1. The van der Waals surface area contributed by atoms with E-state index in [1.807, 2.05) is 0 Å². The maximum absolute atomic E-state index is 12.8. The molecular formula is C24H26ClN5O5S2. The fourth-order valence-corrected chi connectivity index (χ4v) is 5.13. The van der Waals surface area contributed by atoms with E-state index in [4.69, 9.17) is 26.8 Å². The van der Waals surface area contributed by atoms with Crippen molar-refractivity contribution in [1.82, 2.24) is 14.8 Å². The fourth-order valence-electron chi connectivity index (χ4n) is 3.17. The highest BCUT2D eigenvalue weighted by Crippen LogP contribution is 2.34. The van der Waals surface area contributed by atoms with E-state index in [0.717, 1.165) is 23.1 Å². The quantitative estimate of drug-likeness (QED) is 0.187. The zero-order chi connectivity index (χ0) is 27.1. The number of aromatic nitrogens is 3. The van der Waals surface area contributed by atoms with E-state index in [2.05, 4.69) is 22.1 Å². The van der Waals surface area contributed by atoms with Crippen LogP contribution in [-0.2, 0) is 22.7 Å². The van der Waals surface area contributed by atoms with E-state index in [-0.39, 0.29) is 33.9 Å². The minimum atomic E-state index is -0.693. The number of carbonyl (C=O) groups is 3. The number of halogens is 1. The van der Waals surface area contributed by atoms with Gasteiger partial charge in [0.05, 0.1) is 22.3 Å². The summed E-state index contributed by atoms with van der Waals surface area (Å²) in [5.41, 5.74) is 5.92. The van der Waals surface area contributed by atoms with Gasteiger partial charge in [-0.05, 0) is 50.6 Å². The van der Waals surface area contributed by atoms with E-state index < -0.39 is 17.8 Å². The monoisotopic (exact) mass is 563 g/mol. The van der Waals surface area contributed by atoms with Gasteiger partial charge in [-0.1, -0.05) is 29.4 Å². The zero-order valence-corrected chi connectivity index (χ0v) is 22.8. The van der Waals surface area contributed by atoms with Gasteiger partial charge in [-0.15, -0.1) is 28.1 Å². The molecule has 10 nitrogen and oxygen atoms in total. The predicted molar refractivity (Wildman–Crippen MR) is 143 cm³/mol. The van der Waals surface area contributed by atoms with Gasteiger partial charge in [0, 0.05) is 11.6 Å². The Balaban J connectivity index is 1.70. The summed E-state index contributed by atoms with van der Waals surface area (Å²) in [6, 6.07) is 6.94. The molecule has 0 aliphatic carbocycles. The molecule has 0 atom stereocenters. The molecule has 0 aliphatic heterocycles. The number of thiophene rings is 1. The smallest absolute Gasteiger partial charge is 0.341 e. The van der Waals surface area contributed by atoms with Crippen LogP contribution < -0.4 is 15.8 Å². The average molecular weight is 564 g/mol. The maximum Gasteiger partial charge on any atom is 0.341 e. The normalized spacial score (nSPS) is 10.8. The lowest BCUT2D eigenvalue weighted by Gasteiger charge is -2.11. The summed E-state index contributed by atoms with van der Waals surface area (Å²) in [6.45, 7) is 9.33. The molecule has 0 unspecified atom stereocenters. The van der Waals surface area contributed by atoms with Crippen molar-refractivity contribution < 1.29 is 23.9 Å². The second kappa shape index (κ2) is 12.7. The first-order valence-electron chi connectivity index (χ1n) is 11.1. The topological polar surface area (TPSA) is 138 Å². The van der Waals surface area contributed by atoms with Crippen molar-refractivity contribution in [2.45, 2.75) is 45.2 Å². The first-order valence-corrected chi connectivity index (χ1v) is 13.3. The van der Waals surface area contributed by atoms with Gasteiger partial charge in [0.15, 0.2) is 11.0 Å². The number of anilines is 1. The molecule has 0 bridgehead atoms. The Morgan fingerprint density at radius 3 is 2.59 bits per heavy atom. The van der Waals surface area contributed by atoms with Gasteiger partial charge in [0.1, 0.15) is 17.4 Å². The summed E-state index contributed by atoms with van der Waals surface area (Å²) in [4.78, 5) is 37.4. The Morgan fingerprint density at radius 2 is 1.97 bits per heavy atom. The summed E-state index contributed by atoms with van der Waals surface area (Å²) < 4.78 is 12.8. The van der Waals surface area contributed by atoms with Crippen molar-refractivity contribution in [2.24, 2.45) is 5.73 Å². The van der Waals surface area contributed by atoms with Crippen molar-refractivity contribution in [3.8, 4) is 5.75 Å². The number of primary amides is 1. The summed E-state index contributed by atoms with van der Waals surface area (Å²) >= 11 is 7.99. The molecule has 0 fully saturated rings. The molecule has 1 aromatic carbocycles. The number of nitrogens with two attached hydrogens (primary N) is 1. The van der Waals surface area contributed by atoms with Crippen LogP contribution in [0.2, 0.25) is 5.02 Å². The number of nitrogens with zero attached hydrogens (tertiary/aromatic N) is 3. The molecule has 0 spiro atoms. The SMILES string of the molecule is C=CCn1c(COc2ccc(Cl)cc2)nnc1SCC(=O)Nc1sc(C(N)=O)c(C)c1C(=O)OC(C)C. The zero-order valence-electron chi connectivity index (χ0n) is 20.4. The molecule has 0 radical (unpaired) electrons. The number of benzene rings is 1. The van der Waals surface area contributed by atoms with Gasteiger partial charge in [-0.25, -0.2) is 4.79 Å². The Labute approximate surface area is 227 Å². The number of nitrogens with one attached hydrogen (secondary N) is 1. The number of hydrogen-bond donors (Lipinski definition) is 2. The van der Waals surface area contributed by atoms with Crippen LogP contribution in [-0.4, -0.2) is 44.4 Å². The molecule has 0 saturated carbocycles. The molecule has 13 heteroatoms. The van der Waals surface area contributed by atoms with Crippen LogP contribution >= 0.6 is 34.7 Å². The summed E-state index contributed by atoms with van der Waals surface area (Å²) in [6.07, 6.45) is 1.31. The summed E-state index contributed by atoms with van der Waals surface area (Å²) in [5.74, 6) is -0.601. The van der Waals surface area contributed by atoms with Crippen molar-refractivity contribution in [1.29, 1.82) is 0 Å². The molecule has 3 N–H and O–H groups in total. The Bertz CT molecular complexity index is 1300. The van der Waals surface area contributed by atoms with Crippen LogP contribution in [0.5, 0.6) is 5.75 Å². The second-order valence-electron chi connectivity index (χ2n) is 7.96. The lowest BCUT2D eigenvalue weighted by Crippen LogP contribution is -2.18. The van der Waals surface area contributed by atoms with E-state index in [1.54, 1.807) is 55.7 Å². The molecule has 2 amide bonds. The van der Waals surface area contributed by atoms with Crippen molar-refractivity contribution in [2.75, 3.05) is 11.1 Å². The number of ether oxygens (including phenoxy) is 2. The predicted octanol–water partition coefficient (Wildman–Crippen LogP) is 4.46. The van der Waals surface area contributed by atoms with Crippen molar-refractivity contribution in [3.05, 3.63) is 63.8 Å². The minimum absolute atomic E-state index is 0.0329. The number of hydrogen-bond acceptors (Lipinski definition) is 9. The van der Waals surface area contributed by atoms with E-state index >= 15 is 0 Å². The molecular weight excluding hydrogens is 538 g/mol. The highest BCUT2D eigenvalue weighted by Gasteiger charge is 2.26. The van der Waals surface area contributed by atoms with Gasteiger partial charge in [-0.3, -0.25) is 14.2 Å². The van der Waals surface area contributed by atoms with Crippen LogP contribution in [0.4, 0.5) is 5.00 Å². The third-order valence-electron chi connectivity index (χ3n) is 4.79. The largest absolute Gasteiger partial charge is 0.486 e. The Morgan fingerprint density at radius 1 is 1.27 bits per heavy atom. The van der Waals surface area contributed by atoms with Gasteiger partial charge in [-0.2, -0.15) is 0 Å². The average Bonchev–Trinajstić information content (AvgIpc) is 3.37. The molecule has 3 rings (SSSR count). The first-order chi connectivity index (χ1) is 17.6. The number of rotatable bonds is 12. The fraction of sp³-hybridized carbons (Fsp3) is 0.292. The van der Waals surface area contributed by atoms with E-state index in [0.29, 0.717) is 33.9 Å². The Kier molecular flexibility index (Phi) is 9.73. The van der Waals surface area contributed by atoms with Crippen LogP contribution in [0.1, 0.15) is 45.3 Å². The van der Waals surface area contributed by atoms with Gasteiger partial charge in [0.25, 0.3) is 5.91 Å². The third-order valence-corrected chi connectivity index (χ3v) is 7.23. The molecule has 0 aliphatic rings. The standard InChI is InChI=1S/C24H26ClN5O5S2/c1-5-10-30-17(11-34-16-8-6-15(25)7-9-16)28-29-24(30)36-12-18(31)27-22-19(23(33)35-13(2)3)14(4)20(37-22)21(26)32/h5-9,13H,1,10-12H2,2-4H3,(H2,26,32)(H,27,31). The van der Waals surface area contributed by atoms with Crippen LogP contribution in [0.15, 0.2) is 42.1 Å². The highest BCUT2D eigenvalue weighted by molar-refractivity contribution is 7.99. The molecule has 3 aromatic rings. The van der Waals surface area contributed by atoms with Gasteiger partial charge < -0.3 is 20.5 Å². The lowest BCUT2D eigenvalue weighted by atomic mass is 10.1. The number of thioether (sulfide) groups is 1. The molecule has 0 saturated heterocycles. The van der Waals surface area contributed by atoms with Crippen LogP contribution in [0.25, 0.3) is 0 Å². The second-order valence-corrected chi connectivity index (χ2v) is 10.4. The van der Waals surface area contributed by atoms with Crippen LogP contribution in [0.3, 0.4) is 0 Å².